The van der Waals surface area contributed by atoms with Crippen molar-refractivity contribution in [3.63, 3.8) is 0 Å². The lowest BCUT2D eigenvalue weighted by molar-refractivity contribution is 0.0684. The van der Waals surface area contributed by atoms with Crippen LogP contribution in [0.4, 0.5) is 0 Å². The SMILES string of the molecule is CCO[Si](OCC)(OCC)c1ccccc1C(=O)O. The Balaban J connectivity index is 3.33. The number of benzene rings is 1. The second-order valence-corrected chi connectivity index (χ2v) is 6.22. The van der Waals surface area contributed by atoms with Crippen molar-refractivity contribution < 1.29 is 23.2 Å². The zero-order valence-electron chi connectivity index (χ0n) is 11.5. The van der Waals surface area contributed by atoms with E-state index in [1.165, 1.54) is 6.07 Å². The molecule has 0 spiro atoms. The van der Waals surface area contributed by atoms with E-state index in [2.05, 4.69) is 0 Å². The van der Waals surface area contributed by atoms with Crippen molar-refractivity contribution in [3.8, 4) is 0 Å². The molecule has 0 amide bonds. The molecule has 0 saturated carbocycles. The van der Waals surface area contributed by atoms with E-state index in [0.29, 0.717) is 25.0 Å². The zero-order valence-corrected chi connectivity index (χ0v) is 12.5. The lowest BCUT2D eigenvalue weighted by Gasteiger charge is -2.29. The second-order valence-electron chi connectivity index (χ2n) is 3.71. The Morgan fingerprint density at radius 1 is 1.05 bits per heavy atom. The van der Waals surface area contributed by atoms with Crippen molar-refractivity contribution in [2.24, 2.45) is 0 Å². The van der Waals surface area contributed by atoms with Gasteiger partial charge in [0.05, 0.1) is 5.56 Å². The van der Waals surface area contributed by atoms with Gasteiger partial charge in [-0.1, -0.05) is 18.2 Å². The predicted octanol–water partition coefficient (Wildman–Crippen LogP) is 1.64. The number of hydrogen-bond acceptors (Lipinski definition) is 4. The smallest absolute Gasteiger partial charge is 0.478 e. The van der Waals surface area contributed by atoms with Crippen LogP contribution in [-0.4, -0.2) is 39.7 Å². The molecular weight excluding hydrogens is 264 g/mol. The van der Waals surface area contributed by atoms with Crippen LogP contribution in [0, 0.1) is 0 Å². The van der Waals surface area contributed by atoms with Gasteiger partial charge in [-0.2, -0.15) is 0 Å². The number of rotatable bonds is 8. The Kier molecular flexibility index (Phi) is 6.17. The molecule has 106 valence electrons. The molecule has 0 radical (unpaired) electrons. The first kappa shape index (κ1) is 15.8. The van der Waals surface area contributed by atoms with Crippen molar-refractivity contribution in [2.75, 3.05) is 19.8 Å². The third-order valence-electron chi connectivity index (χ3n) is 2.49. The minimum absolute atomic E-state index is 0.171. The molecule has 1 N–H and O–H groups in total. The molecule has 0 saturated heterocycles. The number of carboxylic acid groups (broad SMARTS) is 1. The van der Waals surface area contributed by atoms with Gasteiger partial charge in [0.2, 0.25) is 0 Å². The maximum atomic E-state index is 11.3. The van der Waals surface area contributed by atoms with E-state index in [-0.39, 0.29) is 5.56 Å². The summed E-state index contributed by atoms with van der Waals surface area (Å²) in [7, 11) is -3.16. The highest BCUT2D eigenvalue weighted by Crippen LogP contribution is 2.13. The molecule has 1 rings (SSSR count). The van der Waals surface area contributed by atoms with Gasteiger partial charge >= 0.3 is 14.8 Å². The summed E-state index contributed by atoms with van der Waals surface area (Å²) in [5, 5.41) is 9.80. The second kappa shape index (κ2) is 7.39. The first-order chi connectivity index (χ1) is 9.11. The summed E-state index contributed by atoms with van der Waals surface area (Å²) in [6.45, 7) is 6.72. The molecule has 0 aromatic heterocycles. The first-order valence-corrected chi connectivity index (χ1v) is 8.08. The number of aromatic carboxylic acids is 1. The molecule has 5 nitrogen and oxygen atoms in total. The summed E-state index contributed by atoms with van der Waals surface area (Å²) < 4.78 is 17.2. The van der Waals surface area contributed by atoms with E-state index in [0.717, 1.165) is 0 Å². The highest BCUT2D eigenvalue weighted by atomic mass is 28.4. The van der Waals surface area contributed by atoms with Crippen molar-refractivity contribution in [1.29, 1.82) is 0 Å². The Labute approximate surface area is 114 Å². The van der Waals surface area contributed by atoms with Crippen LogP contribution in [0.25, 0.3) is 0 Å². The number of carboxylic acids is 1. The van der Waals surface area contributed by atoms with Crippen molar-refractivity contribution in [3.05, 3.63) is 29.8 Å². The largest absolute Gasteiger partial charge is 0.538 e. The molecule has 0 heterocycles. The standard InChI is InChI=1S/C13H20O5Si/c1-4-16-19(17-5-2,18-6-3)12-10-8-7-9-11(12)13(14)15/h7-10H,4-6H2,1-3H3,(H,14,15). The molecule has 0 atom stereocenters. The molecule has 0 fully saturated rings. The van der Waals surface area contributed by atoms with Crippen LogP contribution < -0.4 is 5.19 Å². The summed E-state index contributed by atoms with van der Waals surface area (Å²) in [6.07, 6.45) is 0. The maximum absolute atomic E-state index is 11.3. The van der Waals surface area contributed by atoms with Gasteiger partial charge < -0.3 is 18.4 Å². The Morgan fingerprint density at radius 3 is 1.95 bits per heavy atom. The fourth-order valence-electron chi connectivity index (χ4n) is 1.86. The maximum Gasteiger partial charge on any atom is 0.538 e. The fraction of sp³-hybridized carbons (Fsp3) is 0.462. The van der Waals surface area contributed by atoms with E-state index in [1.54, 1.807) is 18.2 Å². The van der Waals surface area contributed by atoms with E-state index in [1.807, 2.05) is 20.8 Å². The summed E-state index contributed by atoms with van der Waals surface area (Å²) in [5.41, 5.74) is 0.171. The van der Waals surface area contributed by atoms with Gasteiger partial charge in [0.1, 0.15) is 0 Å². The first-order valence-electron chi connectivity index (χ1n) is 6.35. The third kappa shape index (κ3) is 3.63. The highest BCUT2D eigenvalue weighted by Gasteiger charge is 2.45. The van der Waals surface area contributed by atoms with Crippen LogP contribution in [0.3, 0.4) is 0 Å². The van der Waals surface area contributed by atoms with Crippen LogP contribution >= 0.6 is 0 Å². The van der Waals surface area contributed by atoms with Crippen LogP contribution in [0.1, 0.15) is 31.1 Å². The van der Waals surface area contributed by atoms with E-state index in [4.69, 9.17) is 13.3 Å². The quantitative estimate of drug-likeness (QED) is 0.735. The van der Waals surface area contributed by atoms with Crippen LogP contribution in [0.5, 0.6) is 0 Å². The van der Waals surface area contributed by atoms with Crippen molar-refractivity contribution >= 4 is 20.0 Å². The van der Waals surface area contributed by atoms with Gasteiger partial charge in [0.25, 0.3) is 0 Å². The van der Waals surface area contributed by atoms with Crippen LogP contribution in [-0.2, 0) is 13.3 Å². The molecule has 0 bridgehead atoms. The lowest BCUT2D eigenvalue weighted by atomic mass is 10.2. The molecule has 0 aliphatic heterocycles. The molecule has 0 aliphatic carbocycles. The molecular formula is C13H20O5Si. The van der Waals surface area contributed by atoms with Gasteiger partial charge in [-0.15, -0.1) is 0 Å². The van der Waals surface area contributed by atoms with Gasteiger partial charge in [-0.25, -0.2) is 4.79 Å². The summed E-state index contributed by atoms with van der Waals surface area (Å²) in [6, 6.07) is 6.68. The lowest BCUT2D eigenvalue weighted by Crippen LogP contribution is -2.58. The Hall–Kier alpha value is -1.21. The van der Waals surface area contributed by atoms with E-state index in [9.17, 15) is 9.90 Å². The average Bonchev–Trinajstić information content (AvgIpc) is 2.39. The van der Waals surface area contributed by atoms with Crippen LogP contribution in [0.2, 0.25) is 0 Å². The predicted molar refractivity (Wildman–Crippen MR) is 73.7 cm³/mol. The highest BCUT2D eigenvalue weighted by molar-refractivity contribution is 6.76. The summed E-state index contributed by atoms with van der Waals surface area (Å²) in [5.74, 6) is -1.01. The van der Waals surface area contributed by atoms with Gasteiger partial charge in [-0.05, 0) is 26.8 Å². The van der Waals surface area contributed by atoms with Crippen LogP contribution in [0.15, 0.2) is 24.3 Å². The molecule has 1 aromatic rings. The minimum Gasteiger partial charge on any atom is -0.478 e. The Morgan fingerprint density at radius 2 is 1.53 bits per heavy atom. The number of hydrogen-bond donors (Lipinski definition) is 1. The fourth-order valence-corrected chi connectivity index (χ4v) is 4.54. The topological polar surface area (TPSA) is 65.0 Å². The normalized spacial score (nSPS) is 11.5. The van der Waals surface area contributed by atoms with Crippen molar-refractivity contribution in [1.82, 2.24) is 0 Å². The van der Waals surface area contributed by atoms with Gasteiger partial charge in [-0.3, -0.25) is 0 Å². The summed E-state index contributed by atoms with van der Waals surface area (Å²) in [4.78, 5) is 11.3. The molecule has 0 aliphatic rings. The molecule has 1 aromatic carbocycles. The Bertz CT molecular complexity index is 404. The third-order valence-corrected chi connectivity index (χ3v) is 5.59. The van der Waals surface area contributed by atoms with E-state index < -0.39 is 14.8 Å². The van der Waals surface area contributed by atoms with Gasteiger partial charge in [0.15, 0.2) is 0 Å². The zero-order chi connectivity index (χ0) is 14.3. The minimum atomic E-state index is -3.16. The molecule has 0 unspecified atom stereocenters. The van der Waals surface area contributed by atoms with Crippen molar-refractivity contribution in [2.45, 2.75) is 20.8 Å². The summed E-state index contributed by atoms with van der Waals surface area (Å²) >= 11 is 0. The average molecular weight is 284 g/mol. The van der Waals surface area contributed by atoms with E-state index >= 15 is 0 Å². The number of carbonyl (C=O) groups is 1. The molecule has 19 heavy (non-hydrogen) atoms. The van der Waals surface area contributed by atoms with Gasteiger partial charge in [0, 0.05) is 25.0 Å². The molecule has 6 heteroatoms. The monoisotopic (exact) mass is 284 g/mol.